The van der Waals surface area contributed by atoms with Crippen molar-refractivity contribution in [1.82, 2.24) is 20.3 Å². The Bertz CT molecular complexity index is 2040. The van der Waals surface area contributed by atoms with Crippen LogP contribution in [0, 0.1) is 23.7 Å². The van der Waals surface area contributed by atoms with Gasteiger partial charge in [-0.2, -0.15) is 0 Å². The van der Waals surface area contributed by atoms with Gasteiger partial charge in [0, 0.05) is 62.6 Å². The van der Waals surface area contributed by atoms with Crippen molar-refractivity contribution in [3.8, 4) is 0 Å². The number of hydrogen-bond acceptors (Lipinski definition) is 16. The number of carbonyl (C=O) groups is 3. The number of likely N-dealkylation sites (N-methyl/N-ethyl adjacent to an activating group) is 1. The number of ketones is 1. The summed E-state index contributed by atoms with van der Waals surface area (Å²) in [5.74, 6) is -4.03. The number of methoxy groups -OCH3 is 2. The van der Waals surface area contributed by atoms with Gasteiger partial charge in [-0.3, -0.25) is 14.6 Å². The summed E-state index contributed by atoms with van der Waals surface area (Å²) in [5.41, 5.74) is 1.55. The first kappa shape index (κ1) is 54.0. The number of Topliss-reactive ketones (excluding diaryl/α,β-unsaturated/α-hetero) is 1. The minimum atomic E-state index is -1.47. The number of hydrogen-bond donors (Lipinski definition) is 3. The number of aryl methyl sites for hydroxylation is 1. The van der Waals surface area contributed by atoms with Gasteiger partial charge in [-0.05, 0) is 105 Å². The van der Waals surface area contributed by atoms with Gasteiger partial charge in [0.1, 0.15) is 30.1 Å². The second-order valence-corrected chi connectivity index (χ2v) is 20.8. The van der Waals surface area contributed by atoms with Crippen LogP contribution in [-0.4, -0.2) is 162 Å². The number of aliphatic hydroxyl groups is 2. The molecule has 1 amide bonds. The van der Waals surface area contributed by atoms with Gasteiger partial charge >= 0.3 is 12.1 Å². The summed E-state index contributed by atoms with van der Waals surface area (Å²) < 4.78 is 51.6. The minimum Gasteiger partial charge on any atom is -0.458 e. The van der Waals surface area contributed by atoms with E-state index in [9.17, 15) is 19.8 Å². The number of benzene rings is 1. The maximum absolute atomic E-state index is 15.1. The van der Waals surface area contributed by atoms with Gasteiger partial charge in [0.15, 0.2) is 18.2 Å². The van der Waals surface area contributed by atoms with Gasteiger partial charge < -0.3 is 53.0 Å². The fourth-order valence-electron chi connectivity index (χ4n) is 11.5. The molecule has 382 valence electrons. The molecule has 1 aromatic carbocycles. The van der Waals surface area contributed by atoms with Crippen molar-refractivity contribution in [1.29, 1.82) is 0 Å². The predicted octanol–water partition coefficient (Wildman–Crippen LogP) is 5.59. The standard InChI is InChI=1S/C51H80N4O13/c1-15-38-51(10)43(55(48(60)68-51)53-23-18-19-34-22-24-52-36-21-17-16-20-35(34)36)30(4)40(56)28(2)26-50(9,62-14)45(67-47-41(57)37(54(11)12)25-29(3)63-47)31(5)42(32(6)46(59)65-38)66-39-27-49(8,61-13)44(58)33(7)64-39/h16-17,20-22,24,28-33,37-39,41-45,47,53,57-58H,15,18-19,23,25-27H2,1-14H3/t28-,29-,30-,31+,32-,33+,37+,38+,39?,41-,42?,43-,44+,45-,47+,49-,50-,51-/m1/s1. The largest absolute Gasteiger partial charge is 0.458 e. The van der Waals surface area contributed by atoms with Crippen molar-refractivity contribution in [2.45, 2.75) is 192 Å². The Morgan fingerprint density at radius 2 is 1.60 bits per heavy atom. The molecule has 3 N–H and O–H groups in total. The Balaban J connectivity index is 1.39. The number of nitrogens with one attached hydrogen (secondary N) is 1. The molecule has 0 bridgehead atoms. The van der Waals surface area contributed by atoms with Gasteiger partial charge in [0.25, 0.3) is 0 Å². The highest BCUT2D eigenvalue weighted by molar-refractivity contribution is 5.85. The highest BCUT2D eigenvalue weighted by atomic mass is 16.7. The third-order valence-corrected chi connectivity index (χ3v) is 15.7. The van der Waals surface area contributed by atoms with E-state index in [0.29, 0.717) is 25.8 Å². The molecule has 4 saturated heterocycles. The van der Waals surface area contributed by atoms with Crippen molar-refractivity contribution in [2.24, 2.45) is 23.7 Å². The minimum absolute atomic E-state index is 0.123. The molecule has 4 aliphatic heterocycles. The number of aromatic nitrogens is 1. The van der Waals surface area contributed by atoms with Crippen molar-refractivity contribution in [3.63, 3.8) is 0 Å². The Morgan fingerprint density at radius 3 is 2.26 bits per heavy atom. The zero-order valence-electron chi connectivity index (χ0n) is 42.8. The average molecular weight is 957 g/mol. The molecule has 17 nitrogen and oxygen atoms in total. The summed E-state index contributed by atoms with van der Waals surface area (Å²) in [6.45, 7) is 18.5. The fraction of sp³-hybridized carbons (Fsp3) is 0.765. The second-order valence-electron chi connectivity index (χ2n) is 20.8. The lowest BCUT2D eigenvalue weighted by Gasteiger charge is -2.50. The first-order valence-corrected chi connectivity index (χ1v) is 24.6. The average Bonchev–Trinajstić information content (AvgIpc) is 3.57. The fourth-order valence-corrected chi connectivity index (χ4v) is 11.5. The Hall–Kier alpha value is -3.36. The number of amides is 1. The molecule has 0 aliphatic carbocycles. The summed E-state index contributed by atoms with van der Waals surface area (Å²) in [5, 5.41) is 25.4. The number of nitrogens with zero attached hydrogens (tertiary/aromatic N) is 3. The Kier molecular flexibility index (Phi) is 17.4. The molecule has 4 aliphatic rings. The van der Waals surface area contributed by atoms with Crippen molar-refractivity contribution < 1.29 is 62.5 Å². The SMILES string of the molecule is CC[C@@H]1OC(=O)[C@H](C)C(OC2C[C@@](C)(OC)[C@@H](O)[C@H](C)O2)[C@H](C)[C@@H](O[C@@H]2O[C@H](C)C[C@H](N(C)C)[C@H]2O)[C@](C)(OC)C[C@@H](C)C(=O)[C@@H](C)[C@H]2N(NCCCc3ccnc4ccccc34)C(=O)O[C@]12C. The van der Waals surface area contributed by atoms with Crippen LogP contribution in [-0.2, 0) is 53.9 Å². The topological polar surface area (TPSA) is 197 Å². The molecule has 2 unspecified atom stereocenters. The summed E-state index contributed by atoms with van der Waals surface area (Å²) in [6, 6.07) is 8.76. The van der Waals surface area contributed by atoms with Gasteiger partial charge in [-0.15, -0.1) is 0 Å². The van der Waals surface area contributed by atoms with E-state index in [1.165, 1.54) is 12.1 Å². The second kappa shape index (κ2) is 22.0. The van der Waals surface area contributed by atoms with E-state index in [1.54, 1.807) is 47.9 Å². The van der Waals surface area contributed by atoms with Gasteiger partial charge in [-0.25, -0.2) is 15.2 Å². The number of aliphatic hydroxyl groups excluding tert-OH is 2. The van der Waals surface area contributed by atoms with E-state index >= 15 is 4.79 Å². The van der Waals surface area contributed by atoms with E-state index in [2.05, 4.69) is 10.4 Å². The van der Waals surface area contributed by atoms with Crippen LogP contribution in [0.1, 0.15) is 107 Å². The number of ether oxygens (including phenoxy) is 8. The van der Waals surface area contributed by atoms with Crippen molar-refractivity contribution >= 4 is 28.7 Å². The molecular formula is C51H80N4O13. The van der Waals surface area contributed by atoms with Crippen molar-refractivity contribution in [3.05, 3.63) is 42.1 Å². The molecule has 68 heavy (non-hydrogen) atoms. The number of fused-ring (bicyclic) bond motifs is 2. The van der Waals surface area contributed by atoms with E-state index in [-0.39, 0.29) is 37.2 Å². The summed E-state index contributed by atoms with van der Waals surface area (Å²) in [6.07, 6.45) is -4.54. The highest BCUT2D eigenvalue weighted by Crippen LogP contribution is 2.44. The molecule has 18 atom stereocenters. The molecule has 5 heterocycles. The van der Waals surface area contributed by atoms with Crippen LogP contribution in [0.25, 0.3) is 10.9 Å². The molecule has 17 heteroatoms. The van der Waals surface area contributed by atoms with Crippen LogP contribution < -0.4 is 5.43 Å². The van der Waals surface area contributed by atoms with Gasteiger partial charge in [0.05, 0.1) is 47.1 Å². The zero-order chi connectivity index (χ0) is 50.0. The first-order valence-electron chi connectivity index (χ1n) is 24.6. The van der Waals surface area contributed by atoms with E-state index in [4.69, 9.17) is 37.9 Å². The molecular weight excluding hydrogens is 877 g/mol. The lowest BCUT2D eigenvalue weighted by atomic mass is 9.73. The normalized spacial score (nSPS) is 41.0. The number of para-hydroxylation sites is 1. The number of carbonyl (C=O) groups excluding carboxylic acids is 3. The number of rotatable bonds is 13. The molecule has 0 saturated carbocycles. The van der Waals surface area contributed by atoms with Crippen LogP contribution in [0.2, 0.25) is 0 Å². The van der Waals surface area contributed by atoms with Crippen LogP contribution >= 0.6 is 0 Å². The van der Waals surface area contributed by atoms with Crippen LogP contribution in [0.3, 0.4) is 0 Å². The zero-order valence-corrected chi connectivity index (χ0v) is 42.8. The molecule has 0 radical (unpaired) electrons. The van der Waals surface area contributed by atoms with E-state index in [0.717, 1.165) is 16.5 Å². The summed E-state index contributed by atoms with van der Waals surface area (Å²) in [7, 11) is 6.86. The Morgan fingerprint density at radius 1 is 0.912 bits per heavy atom. The monoisotopic (exact) mass is 957 g/mol. The lowest BCUT2D eigenvalue weighted by molar-refractivity contribution is -0.319. The number of hydrazine groups is 1. The van der Waals surface area contributed by atoms with Crippen LogP contribution in [0.5, 0.6) is 0 Å². The van der Waals surface area contributed by atoms with E-state index < -0.39 is 108 Å². The molecule has 1 aromatic heterocycles. The summed E-state index contributed by atoms with van der Waals surface area (Å²) >= 11 is 0. The number of cyclic esters (lactones) is 1. The van der Waals surface area contributed by atoms with Gasteiger partial charge in [0.2, 0.25) is 0 Å². The number of pyridine rings is 1. The first-order chi connectivity index (χ1) is 32.0. The number of esters is 1. The molecule has 4 fully saturated rings. The Labute approximate surface area is 403 Å². The third kappa shape index (κ3) is 10.9. The van der Waals surface area contributed by atoms with Gasteiger partial charge in [-0.1, -0.05) is 45.9 Å². The smallest absolute Gasteiger partial charge is 0.425 e. The lowest BCUT2D eigenvalue weighted by Crippen LogP contribution is -2.62. The maximum Gasteiger partial charge on any atom is 0.425 e. The van der Waals surface area contributed by atoms with Crippen LogP contribution in [0.4, 0.5) is 4.79 Å². The van der Waals surface area contributed by atoms with Crippen molar-refractivity contribution in [2.75, 3.05) is 34.9 Å². The molecule has 6 rings (SSSR count). The van der Waals surface area contributed by atoms with Crippen LogP contribution in [0.15, 0.2) is 36.5 Å². The summed E-state index contributed by atoms with van der Waals surface area (Å²) in [4.78, 5) is 50.6. The molecule has 0 spiro atoms. The highest BCUT2D eigenvalue weighted by Gasteiger charge is 2.61. The third-order valence-electron chi connectivity index (χ3n) is 15.7. The maximum atomic E-state index is 15.1. The predicted molar refractivity (Wildman–Crippen MR) is 253 cm³/mol. The molecule has 2 aromatic rings. The van der Waals surface area contributed by atoms with E-state index in [1.807, 2.05) is 83.9 Å². The quantitative estimate of drug-likeness (QED) is 0.166.